The minimum absolute atomic E-state index is 0.0400. The summed E-state index contributed by atoms with van der Waals surface area (Å²) in [4.78, 5) is 27.7. The van der Waals surface area contributed by atoms with E-state index in [1.54, 1.807) is 11.7 Å². The van der Waals surface area contributed by atoms with Crippen LogP contribution in [0.25, 0.3) is 0 Å². The Morgan fingerprint density at radius 2 is 2.05 bits per heavy atom. The number of rotatable bonds is 8. The number of carboxylic acid groups (broad SMARTS) is 1. The molecule has 0 saturated carbocycles. The Balaban J connectivity index is 1.94. The Bertz CT molecular complexity index is 599. The first-order valence-corrected chi connectivity index (χ1v) is 7.94. The molecule has 6 heteroatoms. The highest BCUT2D eigenvalue weighted by atomic mass is 32.1. The van der Waals surface area contributed by atoms with Crippen LogP contribution in [0.2, 0.25) is 0 Å². The molecule has 1 heterocycles. The van der Waals surface area contributed by atoms with Crippen LogP contribution < -0.4 is 5.32 Å². The number of hydrogen-bond acceptors (Lipinski definition) is 4. The third-order valence-electron chi connectivity index (χ3n) is 3.21. The molecular formula is C16H18N2O3S. The summed E-state index contributed by atoms with van der Waals surface area (Å²) in [6, 6.07) is 9.56. The van der Waals surface area contributed by atoms with Crippen molar-refractivity contribution in [2.24, 2.45) is 0 Å². The fourth-order valence-electron chi connectivity index (χ4n) is 2.19. The van der Waals surface area contributed by atoms with E-state index in [1.165, 1.54) is 11.3 Å². The molecule has 0 bridgehead atoms. The lowest BCUT2D eigenvalue weighted by Crippen LogP contribution is -2.37. The van der Waals surface area contributed by atoms with Crippen LogP contribution in [0, 0.1) is 0 Å². The zero-order valence-electron chi connectivity index (χ0n) is 12.1. The van der Waals surface area contributed by atoms with Gasteiger partial charge in [0.05, 0.1) is 11.9 Å². The molecule has 0 aliphatic rings. The number of carbonyl (C=O) groups excluding carboxylic acids is 1. The predicted molar refractivity (Wildman–Crippen MR) is 84.8 cm³/mol. The van der Waals surface area contributed by atoms with Crippen molar-refractivity contribution in [3.63, 3.8) is 0 Å². The fraction of sp³-hybridized carbons (Fsp3) is 0.312. The van der Waals surface area contributed by atoms with Crippen molar-refractivity contribution in [2.45, 2.75) is 31.7 Å². The van der Waals surface area contributed by atoms with Gasteiger partial charge in [-0.05, 0) is 18.4 Å². The number of benzene rings is 1. The van der Waals surface area contributed by atoms with Crippen LogP contribution in [0.15, 0.2) is 42.0 Å². The number of aliphatic carboxylic acids is 1. The minimum Gasteiger partial charge on any atom is -0.481 e. The first kappa shape index (κ1) is 16.2. The summed E-state index contributed by atoms with van der Waals surface area (Å²) in [5, 5.41) is 11.8. The molecule has 1 atom stereocenters. The first-order valence-electron chi connectivity index (χ1n) is 7.06. The summed E-state index contributed by atoms with van der Waals surface area (Å²) in [6.45, 7) is 0. The Hall–Kier alpha value is -2.21. The van der Waals surface area contributed by atoms with Gasteiger partial charge < -0.3 is 10.4 Å². The van der Waals surface area contributed by atoms with Crippen LogP contribution in [0.4, 0.5) is 0 Å². The molecule has 22 heavy (non-hydrogen) atoms. The van der Waals surface area contributed by atoms with Crippen molar-refractivity contribution in [1.29, 1.82) is 0 Å². The predicted octanol–water partition coefficient (Wildman–Crippen LogP) is 2.28. The second kappa shape index (κ2) is 8.29. The average molecular weight is 318 g/mol. The van der Waals surface area contributed by atoms with Gasteiger partial charge >= 0.3 is 5.97 Å². The lowest BCUT2D eigenvalue weighted by Gasteiger charge is -2.18. The number of carbonyl (C=O) groups is 2. The SMILES string of the molecule is O=C(O)CCC(Cc1ccccc1)NC(=O)Cc1cncs1. The van der Waals surface area contributed by atoms with Gasteiger partial charge in [0.15, 0.2) is 0 Å². The van der Waals surface area contributed by atoms with Crippen molar-refractivity contribution in [3.05, 3.63) is 52.5 Å². The second-order valence-electron chi connectivity index (χ2n) is 5.03. The summed E-state index contributed by atoms with van der Waals surface area (Å²) < 4.78 is 0. The fourth-order valence-corrected chi connectivity index (χ4v) is 2.78. The van der Waals surface area contributed by atoms with Gasteiger partial charge in [-0.25, -0.2) is 0 Å². The molecule has 116 valence electrons. The molecule has 0 fully saturated rings. The zero-order valence-corrected chi connectivity index (χ0v) is 12.9. The monoisotopic (exact) mass is 318 g/mol. The van der Waals surface area contributed by atoms with E-state index in [9.17, 15) is 9.59 Å². The maximum atomic E-state index is 12.1. The van der Waals surface area contributed by atoms with Gasteiger partial charge in [-0.3, -0.25) is 14.6 Å². The average Bonchev–Trinajstić information content (AvgIpc) is 2.98. The van der Waals surface area contributed by atoms with E-state index in [0.29, 0.717) is 12.8 Å². The Kier molecular flexibility index (Phi) is 6.09. The molecule has 0 spiro atoms. The Morgan fingerprint density at radius 3 is 2.68 bits per heavy atom. The number of nitrogens with zero attached hydrogens (tertiary/aromatic N) is 1. The molecule has 2 N–H and O–H groups in total. The summed E-state index contributed by atoms with van der Waals surface area (Å²) in [5.74, 6) is -0.953. The third-order valence-corrected chi connectivity index (χ3v) is 3.99. The van der Waals surface area contributed by atoms with Crippen molar-refractivity contribution < 1.29 is 14.7 Å². The Labute approximate surface area is 133 Å². The van der Waals surface area contributed by atoms with Crippen LogP contribution in [0.1, 0.15) is 23.3 Å². The van der Waals surface area contributed by atoms with Crippen LogP contribution in [-0.2, 0) is 22.4 Å². The van der Waals surface area contributed by atoms with Gasteiger partial charge in [-0.1, -0.05) is 30.3 Å². The van der Waals surface area contributed by atoms with Crippen molar-refractivity contribution in [3.8, 4) is 0 Å². The third kappa shape index (κ3) is 5.65. The van der Waals surface area contributed by atoms with Gasteiger partial charge in [0.25, 0.3) is 0 Å². The lowest BCUT2D eigenvalue weighted by molar-refractivity contribution is -0.137. The highest BCUT2D eigenvalue weighted by Crippen LogP contribution is 2.10. The summed E-state index contributed by atoms with van der Waals surface area (Å²) in [7, 11) is 0. The van der Waals surface area contributed by atoms with E-state index >= 15 is 0 Å². The maximum absolute atomic E-state index is 12.1. The molecule has 0 saturated heterocycles. The van der Waals surface area contributed by atoms with E-state index < -0.39 is 5.97 Å². The van der Waals surface area contributed by atoms with E-state index in [0.717, 1.165) is 10.4 Å². The molecule has 0 aliphatic carbocycles. The Morgan fingerprint density at radius 1 is 1.27 bits per heavy atom. The number of nitrogens with one attached hydrogen (secondary N) is 1. The molecule has 1 aromatic heterocycles. The molecule has 0 radical (unpaired) electrons. The highest BCUT2D eigenvalue weighted by Gasteiger charge is 2.15. The molecule has 2 aromatic rings. The van der Waals surface area contributed by atoms with E-state index in [2.05, 4.69) is 10.3 Å². The summed E-state index contributed by atoms with van der Waals surface area (Å²) >= 11 is 1.43. The van der Waals surface area contributed by atoms with Gasteiger partial charge in [-0.2, -0.15) is 0 Å². The van der Waals surface area contributed by atoms with Gasteiger partial charge in [0.1, 0.15) is 0 Å². The topological polar surface area (TPSA) is 79.3 Å². The minimum atomic E-state index is -0.852. The second-order valence-corrected chi connectivity index (χ2v) is 6.00. The molecule has 2 rings (SSSR count). The molecule has 1 unspecified atom stereocenters. The van der Waals surface area contributed by atoms with Crippen LogP contribution >= 0.6 is 11.3 Å². The van der Waals surface area contributed by atoms with Gasteiger partial charge in [-0.15, -0.1) is 11.3 Å². The van der Waals surface area contributed by atoms with Crippen molar-refractivity contribution >= 4 is 23.2 Å². The summed E-state index contributed by atoms with van der Waals surface area (Å²) in [5.41, 5.74) is 2.77. The largest absolute Gasteiger partial charge is 0.481 e. The van der Waals surface area contributed by atoms with E-state index in [1.807, 2.05) is 30.3 Å². The van der Waals surface area contributed by atoms with Crippen LogP contribution in [0.3, 0.4) is 0 Å². The number of hydrogen-bond donors (Lipinski definition) is 2. The molecule has 5 nitrogen and oxygen atoms in total. The number of aromatic nitrogens is 1. The maximum Gasteiger partial charge on any atom is 0.303 e. The normalized spacial score (nSPS) is 11.8. The number of thiazole rings is 1. The van der Waals surface area contributed by atoms with Crippen LogP contribution in [0.5, 0.6) is 0 Å². The van der Waals surface area contributed by atoms with E-state index in [-0.39, 0.29) is 24.8 Å². The standard InChI is InChI=1S/C16H18N2O3S/c19-15(9-14-10-17-11-22-14)18-13(6-7-16(20)21)8-12-4-2-1-3-5-12/h1-5,10-11,13H,6-9H2,(H,18,19)(H,20,21). The van der Waals surface area contributed by atoms with Crippen molar-refractivity contribution in [1.82, 2.24) is 10.3 Å². The number of carboxylic acids is 1. The van der Waals surface area contributed by atoms with Gasteiger partial charge in [0, 0.05) is 23.5 Å². The smallest absolute Gasteiger partial charge is 0.303 e. The first-order chi connectivity index (χ1) is 10.6. The highest BCUT2D eigenvalue weighted by molar-refractivity contribution is 7.09. The molecule has 1 amide bonds. The zero-order chi connectivity index (χ0) is 15.8. The molecule has 0 aliphatic heterocycles. The van der Waals surface area contributed by atoms with Crippen molar-refractivity contribution in [2.75, 3.05) is 0 Å². The summed E-state index contributed by atoms with van der Waals surface area (Å²) in [6.07, 6.45) is 3.04. The number of amides is 1. The molecule has 1 aromatic carbocycles. The van der Waals surface area contributed by atoms with E-state index in [4.69, 9.17) is 5.11 Å². The quantitative estimate of drug-likeness (QED) is 0.782. The molecular weight excluding hydrogens is 300 g/mol. The van der Waals surface area contributed by atoms with Gasteiger partial charge in [0.2, 0.25) is 5.91 Å². The lowest BCUT2D eigenvalue weighted by atomic mass is 10.0. The van der Waals surface area contributed by atoms with Crippen LogP contribution in [-0.4, -0.2) is 28.0 Å².